The van der Waals surface area contributed by atoms with Crippen LogP contribution in [-0.2, 0) is 11.2 Å². The second-order valence-electron chi connectivity index (χ2n) is 7.76. The Labute approximate surface area is 189 Å². The van der Waals surface area contributed by atoms with Gasteiger partial charge < -0.3 is 4.90 Å². The zero-order valence-corrected chi connectivity index (χ0v) is 18.1. The lowest BCUT2D eigenvalue weighted by molar-refractivity contribution is -0.129. The summed E-state index contributed by atoms with van der Waals surface area (Å²) in [5.41, 5.74) is 3.14. The van der Waals surface area contributed by atoms with Crippen LogP contribution in [0, 0.1) is 0 Å². The first kappa shape index (κ1) is 20.3. The Kier molecular flexibility index (Phi) is 5.60. The number of hydrogen-bond donors (Lipinski definition) is 1. The molecule has 7 nitrogen and oxygen atoms in total. The van der Waals surface area contributed by atoms with Crippen molar-refractivity contribution in [2.45, 2.75) is 18.8 Å². The number of aromatic nitrogens is 3. The van der Waals surface area contributed by atoms with E-state index >= 15 is 0 Å². The first-order valence-electron chi connectivity index (χ1n) is 10.4. The topological polar surface area (TPSA) is 88.1 Å². The smallest absolute Gasteiger partial charge is 0.258 e. The molecule has 4 aromatic rings. The number of para-hydroxylation sites is 1. The van der Waals surface area contributed by atoms with Gasteiger partial charge in [0.2, 0.25) is 5.91 Å². The number of likely N-dealkylation sites (tertiary alicyclic amines) is 1. The second kappa shape index (κ2) is 8.84. The number of hydrogen-bond acceptors (Lipinski definition) is 6. The Hall–Kier alpha value is -3.65. The molecule has 1 aromatic carbocycles. The quantitative estimate of drug-likeness (QED) is 0.505. The summed E-state index contributed by atoms with van der Waals surface area (Å²) in [5, 5.41) is 6.06. The van der Waals surface area contributed by atoms with Gasteiger partial charge in [0.25, 0.3) is 5.91 Å². The number of nitrogens with zero attached hydrogens (tertiary/aromatic N) is 4. The van der Waals surface area contributed by atoms with E-state index in [0.29, 0.717) is 30.2 Å². The normalized spacial score (nSPS) is 15.8. The highest BCUT2D eigenvalue weighted by molar-refractivity contribution is 7.13. The van der Waals surface area contributed by atoms with Crippen LogP contribution in [0.4, 0.5) is 5.13 Å². The molecule has 1 atom stereocenters. The minimum absolute atomic E-state index is 0.0902. The molecule has 0 bridgehead atoms. The second-order valence-corrected chi connectivity index (χ2v) is 8.66. The Morgan fingerprint density at radius 3 is 2.78 bits per heavy atom. The predicted molar refractivity (Wildman–Crippen MR) is 124 cm³/mol. The van der Waals surface area contributed by atoms with Gasteiger partial charge in [0.05, 0.1) is 17.5 Å². The molecule has 1 N–H and O–H groups in total. The average Bonchev–Trinajstić information content (AvgIpc) is 3.51. The number of thiazole rings is 1. The number of carbonyl (C=O) groups is 2. The summed E-state index contributed by atoms with van der Waals surface area (Å²) in [7, 11) is 0. The van der Waals surface area contributed by atoms with Crippen LogP contribution in [0.1, 0.15) is 34.0 Å². The lowest BCUT2D eigenvalue weighted by Crippen LogP contribution is -2.30. The van der Waals surface area contributed by atoms with E-state index in [1.807, 2.05) is 52.7 Å². The highest BCUT2D eigenvalue weighted by Gasteiger charge is 2.29. The molecule has 0 radical (unpaired) electrons. The molecular formula is C24H21N5O2S. The van der Waals surface area contributed by atoms with E-state index in [2.05, 4.69) is 15.3 Å². The largest absolute Gasteiger partial charge is 0.342 e. The first-order chi connectivity index (χ1) is 15.7. The van der Waals surface area contributed by atoms with Crippen molar-refractivity contribution in [3.63, 3.8) is 0 Å². The van der Waals surface area contributed by atoms with Crippen LogP contribution in [0.5, 0.6) is 0 Å². The summed E-state index contributed by atoms with van der Waals surface area (Å²) >= 11 is 1.38. The zero-order chi connectivity index (χ0) is 21.9. The standard InChI is InChI=1S/C24H21N5O2S/c30-22(13-16-5-8-25-9-6-16)29-11-7-17(15-29)21-14-19(18-3-1-2-4-20(18)27-21)23(31)28-24-26-10-12-32-24/h1-6,8-10,12,14,17H,7,11,13,15H2,(H,26,28,31)/t17-/m1/s1. The van der Waals surface area contributed by atoms with E-state index in [4.69, 9.17) is 4.98 Å². The minimum atomic E-state index is -0.205. The highest BCUT2D eigenvalue weighted by Crippen LogP contribution is 2.30. The Morgan fingerprint density at radius 1 is 1.12 bits per heavy atom. The minimum Gasteiger partial charge on any atom is -0.342 e. The van der Waals surface area contributed by atoms with Crippen LogP contribution < -0.4 is 5.32 Å². The number of nitrogens with one attached hydrogen (secondary N) is 1. The van der Waals surface area contributed by atoms with Crippen LogP contribution >= 0.6 is 11.3 Å². The maximum Gasteiger partial charge on any atom is 0.258 e. The van der Waals surface area contributed by atoms with Crippen LogP contribution in [-0.4, -0.2) is 44.8 Å². The molecule has 32 heavy (non-hydrogen) atoms. The SMILES string of the molecule is O=C(Nc1nccs1)c1cc([C@@H]2CCN(C(=O)Cc3ccncc3)C2)nc2ccccc12. The molecule has 0 saturated carbocycles. The van der Waals surface area contributed by atoms with E-state index in [9.17, 15) is 9.59 Å². The molecule has 0 spiro atoms. The summed E-state index contributed by atoms with van der Waals surface area (Å²) < 4.78 is 0. The molecule has 5 rings (SSSR count). The fourth-order valence-corrected chi connectivity index (χ4v) is 4.58. The van der Waals surface area contributed by atoms with Crippen LogP contribution in [0.25, 0.3) is 10.9 Å². The number of rotatable bonds is 5. The summed E-state index contributed by atoms with van der Waals surface area (Å²) in [6.45, 7) is 1.28. The molecule has 8 heteroatoms. The lowest BCUT2D eigenvalue weighted by atomic mass is 9.99. The fraction of sp³-hybridized carbons (Fsp3) is 0.208. The predicted octanol–water partition coefficient (Wildman–Crippen LogP) is 3.90. The van der Waals surface area contributed by atoms with E-state index < -0.39 is 0 Å². The molecule has 1 saturated heterocycles. The third kappa shape index (κ3) is 4.22. The molecule has 1 aliphatic heterocycles. The number of carbonyl (C=O) groups excluding carboxylic acids is 2. The van der Waals surface area contributed by atoms with Gasteiger partial charge in [-0.15, -0.1) is 11.3 Å². The average molecular weight is 444 g/mol. The van der Waals surface area contributed by atoms with E-state index in [1.54, 1.807) is 18.6 Å². The van der Waals surface area contributed by atoms with Crippen LogP contribution in [0.15, 0.2) is 66.4 Å². The molecule has 1 fully saturated rings. The van der Waals surface area contributed by atoms with Crippen molar-refractivity contribution in [2.75, 3.05) is 18.4 Å². The lowest BCUT2D eigenvalue weighted by Gasteiger charge is -2.17. The summed E-state index contributed by atoms with van der Waals surface area (Å²) in [5.74, 6) is -0.0166. The molecular weight excluding hydrogens is 422 g/mol. The third-order valence-electron chi connectivity index (χ3n) is 5.70. The number of benzene rings is 1. The van der Waals surface area contributed by atoms with Crippen LogP contribution in [0.2, 0.25) is 0 Å². The van der Waals surface area contributed by atoms with Gasteiger partial charge in [0.1, 0.15) is 0 Å². The van der Waals surface area contributed by atoms with E-state index in [-0.39, 0.29) is 17.7 Å². The molecule has 2 amide bonds. The number of fused-ring (bicyclic) bond motifs is 1. The van der Waals surface area contributed by atoms with Gasteiger partial charge in [-0.2, -0.15) is 0 Å². The van der Waals surface area contributed by atoms with E-state index in [1.165, 1.54) is 11.3 Å². The zero-order valence-electron chi connectivity index (χ0n) is 17.3. The molecule has 4 heterocycles. The van der Waals surface area contributed by atoms with Gasteiger partial charge >= 0.3 is 0 Å². The van der Waals surface area contributed by atoms with Gasteiger partial charge in [-0.3, -0.25) is 24.9 Å². The van der Waals surface area contributed by atoms with Crippen molar-refractivity contribution >= 4 is 39.2 Å². The number of amides is 2. The van der Waals surface area contributed by atoms with Crippen molar-refractivity contribution in [2.24, 2.45) is 0 Å². The number of pyridine rings is 2. The first-order valence-corrected chi connectivity index (χ1v) is 11.3. The van der Waals surface area contributed by atoms with Gasteiger partial charge in [-0.25, -0.2) is 4.98 Å². The summed E-state index contributed by atoms with van der Waals surface area (Å²) in [4.78, 5) is 40.7. The third-order valence-corrected chi connectivity index (χ3v) is 6.39. The van der Waals surface area contributed by atoms with Gasteiger partial charge in [-0.05, 0) is 36.2 Å². The highest BCUT2D eigenvalue weighted by atomic mass is 32.1. The molecule has 3 aromatic heterocycles. The van der Waals surface area contributed by atoms with Crippen LogP contribution in [0.3, 0.4) is 0 Å². The number of anilines is 1. The van der Waals surface area contributed by atoms with Gasteiger partial charge in [0, 0.05) is 54.1 Å². The van der Waals surface area contributed by atoms with Crippen molar-refractivity contribution in [1.82, 2.24) is 19.9 Å². The van der Waals surface area contributed by atoms with Crippen molar-refractivity contribution in [3.05, 3.63) is 83.3 Å². The maximum atomic E-state index is 13.0. The van der Waals surface area contributed by atoms with Gasteiger partial charge in [-0.1, -0.05) is 18.2 Å². The van der Waals surface area contributed by atoms with Gasteiger partial charge in [0.15, 0.2) is 5.13 Å². The maximum absolute atomic E-state index is 13.0. The van der Waals surface area contributed by atoms with Crippen molar-refractivity contribution in [1.29, 1.82) is 0 Å². The Balaban J connectivity index is 1.38. The summed E-state index contributed by atoms with van der Waals surface area (Å²) in [6.07, 6.45) is 6.24. The van der Waals surface area contributed by atoms with Crippen molar-refractivity contribution < 1.29 is 9.59 Å². The summed E-state index contributed by atoms with van der Waals surface area (Å²) in [6, 6.07) is 13.2. The monoisotopic (exact) mass is 443 g/mol. The fourth-order valence-electron chi connectivity index (χ4n) is 4.06. The van der Waals surface area contributed by atoms with Crippen molar-refractivity contribution in [3.8, 4) is 0 Å². The molecule has 160 valence electrons. The van der Waals surface area contributed by atoms with E-state index in [0.717, 1.165) is 28.6 Å². The molecule has 0 unspecified atom stereocenters. The molecule has 1 aliphatic rings. The Morgan fingerprint density at radius 2 is 1.97 bits per heavy atom. The Bertz CT molecular complexity index is 1260. The molecule has 0 aliphatic carbocycles.